The highest BCUT2D eigenvalue weighted by Crippen LogP contribution is 2.20. The minimum atomic E-state index is -0.375. The van der Waals surface area contributed by atoms with Gasteiger partial charge in [-0.3, -0.25) is 0 Å². The highest BCUT2D eigenvalue weighted by molar-refractivity contribution is 5.49. The summed E-state index contributed by atoms with van der Waals surface area (Å²) < 4.78 is 0. The average molecular weight is 203 g/mol. The summed E-state index contributed by atoms with van der Waals surface area (Å²) in [6.07, 6.45) is 5.17. The van der Waals surface area contributed by atoms with Crippen LogP contribution in [0.4, 0.5) is 5.69 Å². The molecule has 0 fully saturated rings. The van der Waals surface area contributed by atoms with E-state index in [1.165, 1.54) is 5.69 Å². The Bertz CT molecular complexity index is 340. The van der Waals surface area contributed by atoms with Crippen molar-refractivity contribution in [2.24, 2.45) is 0 Å². The highest BCUT2D eigenvalue weighted by Gasteiger charge is 2.07. The van der Waals surface area contributed by atoms with Crippen molar-refractivity contribution in [2.75, 3.05) is 18.0 Å². The Morgan fingerprint density at radius 2 is 1.93 bits per heavy atom. The largest absolute Gasteiger partial charge is 0.389 e. The average Bonchev–Trinajstić information content (AvgIpc) is 2.30. The van der Waals surface area contributed by atoms with Crippen LogP contribution < -0.4 is 4.90 Å². The maximum absolute atomic E-state index is 9.40. The molecule has 1 heterocycles. The van der Waals surface area contributed by atoms with E-state index in [1.807, 2.05) is 12.1 Å². The first kappa shape index (κ1) is 10.2. The zero-order valence-corrected chi connectivity index (χ0v) is 9.06. The van der Waals surface area contributed by atoms with Gasteiger partial charge in [-0.05, 0) is 31.0 Å². The second kappa shape index (κ2) is 4.49. The predicted octanol–water partition coefficient (Wildman–Crippen LogP) is 2.51. The van der Waals surface area contributed by atoms with Crippen LogP contribution in [-0.4, -0.2) is 18.2 Å². The third kappa shape index (κ3) is 2.39. The van der Waals surface area contributed by atoms with Crippen LogP contribution in [0, 0.1) is 0 Å². The van der Waals surface area contributed by atoms with Crippen molar-refractivity contribution in [3.63, 3.8) is 0 Å². The van der Waals surface area contributed by atoms with Crippen molar-refractivity contribution in [2.45, 2.75) is 19.4 Å². The lowest BCUT2D eigenvalue weighted by Crippen LogP contribution is -2.26. The molecule has 2 rings (SSSR count). The first-order chi connectivity index (χ1) is 7.27. The predicted molar refractivity (Wildman–Crippen MR) is 63.0 cm³/mol. The number of aliphatic hydroxyl groups is 1. The van der Waals surface area contributed by atoms with Crippen molar-refractivity contribution in [1.82, 2.24) is 0 Å². The molecular formula is C13H17NO. The quantitative estimate of drug-likeness (QED) is 0.746. The van der Waals surface area contributed by atoms with Gasteiger partial charge in [0.1, 0.15) is 0 Å². The van der Waals surface area contributed by atoms with Crippen LogP contribution in [0.1, 0.15) is 25.0 Å². The molecule has 1 aromatic carbocycles. The van der Waals surface area contributed by atoms with Crippen LogP contribution in [0.15, 0.2) is 36.4 Å². The van der Waals surface area contributed by atoms with Crippen LogP contribution in [0.2, 0.25) is 0 Å². The van der Waals surface area contributed by atoms with E-state index >= 15 is 0 Å². The van der Waals surface area contributed by atoms with E-state index < -0.39 is 0 Å². The third-order valence-electron chi connectivity index (χ3n) is 2.80. The van der Waals surface area contributed by atoms with Crippen LogP contribution in [-0.2, 0) is 0 Å². The molecule has 0 saturated carbocycles. The lowest BCUT2D eigenvalue weighted by Gasteiger charge is -2.25. The summed E-state index contributed by atoms with van der Waals surface area (Å²) in [5.41, 5.74) is 2.22. The molecule has 0 spiro atoms. The topological polar surface area (TPSA) is 23.5 Å². The zero-order valence-electron chi connectivity index (χ0n) is 9.06. The molecule has 0 bridgehead atoms. The minimum absolute atomic E-state index is 0.375. The van der Waals surface area contributed by atoms with Gasteiger partial charge in [-0.2, -0.15) is 0 Å². The van der Waals surface area contributed by atoms with E-state index in [2.05, 4.69) is 29.2 Å². The van der Waals surface area contributed by atoms with E-state index in [9.17, 15) is 5.11 Å². The molecule has 0 aliphatic carbocycles. The van der Waals surface area contributed by atoms with Gasteiger partial charge in [0, 0.05) is 18.8 Å². The number of anilines is 1. The fourth-order valence-corrected chi connectivity index (χ4v) is 1.84. The van der Waals surface area contributed by atoms with Gasteiger partial charge < -0.3 is 10.0 Å². The van der Waals surface area contributed by atoms with Crippen molar-refractivity contribution in [1.29, 1.82) is 0 Å². The lowest BCUT2D eigenvalue weighted by atomic mass is 10.1. The van der Waals surface area contributed by atoms with Gasteiger partial charge >= 0.3 is 0 Å². The second-order valence-electron chi connectivity index (χ2n) is 3.97. The Morgan fingerprint density at radius 1 is 1.20 bits per heavy atom. The summed E-state index contributed by atoms with van der Waals surface area (Å²) in [7, 11) is 0. The van der Waals surface area contributed by atoms with Crippen LogP contribution >= 0.6 is 0 Å². The van der Waals surface area contributed by atoms with Crippen LogP contribution in [0.5, 0.6) is 0 Å². The van der Waals surface area contributed by atoms with E-state index in [4.69, 9.17) is 0 Å². The van der Waals surface area contributed by atoms with Crippen molar-refractivity contribution in [3.05, 3.63) is 42.0 Å². The Morgan fingerprint density at radius 3 is 2.47 bits per heavy atom. The molecule has 0 aromatic heterocycles. The molecule has 1 aliphatic rings. The first-order valence-corrected chi connectivity index (χ1v) is 5.45. The summed E-state index contributed by atoms with van der Waals surface area (Å²) >= 11 is 0. The number of aliphatic hydroxyl groups excluding tert-OH is 1. The van der Waals surface area contributed by atoms with E-state index in [1.54, 1.807) is 6.92 Å². The number of benzene rings is 1. The summed E-state index contributed by atoms with van der Waals surface area (Å²) in [6, 6.07) is 8.17. The van der Waals surface area contributed by atoms with Crippen molar-refractivity contribution < 1.29 is 5.11 Å². The lowest BCUT2D eigenvalue weighted by molar-refractivity contribution is 0.199. The van der Waals surface area contributed by atoms with Gasteiger partial charge in [0.15, 0.2) is 0 Å². The maximum Gasteiger partial charge on any atom is 0.0761 e. The van der Waals surface area contributed by atoms with Gasteiger partial charge in [-0.1, -0.05) is 24.3 Å². The molecule has 1 aromatic rings. The number of hydrogen-bond acceptors (Lipinski definition) is 2. The van der Waals surface area contributed by atoms with Gasteiger partial charge in [0.2, 0.25) is 0 Å². The standard InChI is InChI=1S/C13H17NO/c1-11(15)12-5-7-13(8-6-12)14-9-3-2-4-10-14/h2-3,5-8,11,15H,4,9-10H2,1H3. The molecule has 0 amide bonds. The molecule has 80 valence electrons. The monoisotopic (exact) mass is 203 g/mol. The van der Waals surface area contributed by atoms with Crippen LogP contribution in [0.3, 0.4) is 0 Å². The number of hydrogen-bond donors (Lipinski definition) is 1. The highest BCUT2D eigenvalue weighted by atomic mass is 16.3. The Kier molecular flexibility index (Phi) is 3.07. The van der Waals surface area contributed by atoms with E-state index in [0.29, 0.717) is 0 Å². The molecule has 15 heavy (non-hydrogen) atoms. The molecule has 1 aliphatic heterocycles. The summed E-state index contributed by atoms with van der Waals surface area (Å²) in [5.74, 6) is 0. The van der Waals surface area contributed by atoms with E-state index in [0.717, 1.165) is 25.1 Å². The molecule has 0 saturated heterocycles. The second-order valence-corrected chi connectivity index (χ2v) is 3.97. The number of nitrogens with zero attached hydrogens (tertiary/aromatic N) is 1. The fraction of sp³-hybridized carbons (Fsp3) is 0.385. The van der Waals surface area contributed by atoms with Gasteiger partial charge in [-0.15, -0.1) is 0 Å². The van der Waals surface area contributed by atoms with Gasteiger partial charge in [0.05, 0.1) is 6.10 Å². The van der Waals surface area contributed by atoms with E-state index in [-0.39, 0.29) is 6.10 Å². The Hall–Kier alpha value is -1.28. The minimum Gasteiger partial charge on any atom is -0.389 e. The first-order valence-electron chi connectivity index (χ1n) is 5.45. The molecule has 1 N–H and O–H groups in total. The maximum atomic E-state index is 9.40. The van der Waals surface area contributed by atoms with Crippen molar-refractivity contribution >= 4 is 5.69 Å². The third-order valence-corrected chi connectivity index (χ3v) is 2.80. The molecular weight excluding hydrogens is 186 g/mol. The summed E-state index contributed by atoms with van der Waals surface area (Å²) in [4.78, 5) is 2.34. The molecule has 1 unspecified atom stereocenters. The SMILES string of the molecule is CC(O)c1ccc(N2CC=CCC2)cc1. The molecule has 2 nitrogen and oxygen atoms in total. The van der Waals surface area contributed by atoms with Gasteiger partial charge in [-0.25, -0.2) is 0 Å². The Balaban J connectivity index is 2.12. The summed E-state index contributed by atoms with van der Waals surface area (Å²) in [6.45, 7) is 3.87. The molecule has 0 radical (unpaired) electrons. The molecule has 2 heteroatoms. The van der Waals surface area contributed by atoms with Crippen molar-refractivity contribution in [3.8, 4) is 0 Å². The fourth-order valence-electron chi connectivity index (χ4n) is 1.84. The van der Waals surface area contributed by atoms with Gasteiger partial charge in [0.25, 0.3) is 0 Å². The normalized spacial score (nSPS) is 17.9. The Labute approximate surface area is 90.8 Å². The van der Waals surface area contributed by atoms with Crippen LogP contribution in [0.25, 0.3) is 0 Å². The summed E-state index contributed by atoms with van der Waals surface area (Å²) in [5, 5.41) is 9.40. The molecule has 1 atom stereocenters. The smallest absolute Gasteiger partial charge is 0.0761 e. The zero-order chi connectivity index (χ0) is 10.7. The number of rotatable bonds is 2.